The summed E-state index contributed by atoms with van der Waals surface area (Å²) in [6, 6.07) is 13.5. The van der Waals surface area contributed by atoms with Crippen molar-refractivity contribution in [2.24, 2.45) is 7.05 Å². The van der Waals surface area contributed by atoms with Gasteiger partial charge in [0.15, 0.2) is 5.16 Å². The fourth-order valence-corrected chi connectivity index (χ4v) is 4.11. The molecule has 0 aliphatic carbocycles. The number of hydrogen-bond donors (Lipinski definition) is 0. The average Bonchev–Trinajstić information content (AvgIpc) is 2.79. The van der Waals surface area contributed by atoms with E-state index in [4.69, 9.17) is 16.3 Å². The summed E-state index contributed by atoms with van der Waals surface area (Å²) in [5.74, 6) is 2.18. The van der Waals surface area contributed by atoms with Crippen LogP contribution in [0.4, 0.5) is 0 Å². The number of ether oxygens (including phenoxy) is 1. The number of aryl methyl sites for hydroxylation is 2. The number of halogens is 1. The van der Waals surface area contributed by atoms with E-state index in [1.165, 1.54) is 18.1 Å². The highest BCUT2D eigenvalue weighted by Crippen LogP contribution is 2.27. The third-order valence-electron chi connectivity index (χ3n) is 4.79. The number of rotatable bonds is 7. The zero-order chi connectivity index (χ0) is 22.5. The molecule has 0 atom stereocenters. The van der Waals surface area contributed by atoms with E-state index in [9.17, 15) is 4.79 Å². The van der Waals surface area contributed by atoms with Crippen LogP contribution >= 0.6 is 23.4 Å². The molecule has 32 heavy (non-hydrogen) atoms. The number of hydrogen-bond acceptors (Lipinski definition) is 6. The Bertz CT molecular complexity index is 1280. The quantitative estimate of drug-likeness (QED) is 0.276. The van der Waals surface area contributed by atoms with Gasteiger partial charge in [0.1, 0.15) is 17.8 Å². The van der Waals surface area contributed by atoms with Gasteiger partial charge in [-0.1, -0.05) is 35.5 Å². The van der Waals surface area contributed by atoms with Crippen molar-refractivity contribution < 1.29 is 4.74 Å². The van der Waals surface area contributed by atoms with Gasteiger partial charge in [-0.05, 0) is 53.9 Å². The van der Waals surface area contributed by atoms with Gasteiger partial charge in [-0.2, -0.15) is 4.98 Å². The number of nitrogens with zero attached hydrogens (tertiary/aromatic N) is 4. The monoisotopic (exact) mass is 464 g/mol. The molecule has 0 unspecified atom stereocenters. The smallest absolute Gasteiger partial charge is 0.277 e. The Morgan fingerprint density at radius 1 is 1.03 bits per heavy atom. The van der Waals surface area contributed by atoms with Gasteiger partial charge in [0.25, 0.3) is 5.56 Å². The maximum Gasteiger partial charge on any atom is 0.277 e. The summed E-state index contributed by atoms with van der Waals surface area (Å²) in [4.78, 5) is 24.7. The van der Waals surface area contributed by atoms with Gasteiger partial charge in [-0.15, -0.1) is 0 Å². The third-order valence-corrected chi connectivity index (χ3v) is 6.33. The van der Waals surface area contributed by atoms with Crippen molar-refractivity contribution in [2.75, 3.05) is 0 Å². The summed E-state index contributed by atoms with van der Waals surface area (Å²) < 4.78 is 7.78. The lowest BCUT2D eigenvalue weighted by molar-refractivity contribution is 0.482. The Hall–Kier alpha value is -3.16. The van der Waals surface area contributed by atoms with Crippen LogP contribution in [-0.4, -0.2) is 19.5 Å². The van der Waals surface area contributed by atoms with Crippen LogP contribution in [0.25, 0.3) is 0 Å². The fraction of sp³-hybridized carbons (Fsp3) is 0.167. The first-order chi connectivity index (χ1) is 15.5. The van der Waals surface area contributed by atoms with Gasteiger partial charge in [0.2, 0.25) is 0 Å². The summed E-state index contributed by atoms with van der Waals surface area (Å²) in [6.45, 7) is 1.94. The molecule has 0 spiro atoms. The number of thioether (sulfide) groups is 1. The lowest BCUT2D eigenvalue weighted by atomic mass is 10.1. The van der Waals surface area contributed by atoms with Crippen LogP contribution in [0.2, 0.25) is 5.02 Å². The van der Waals surface area contributed by atoms with Crippen molar-refractivity contribution in [3.05, 3.63) is 105 Å². The van der Waals surface area contributed by atoms with Crippen LogP contribution in [-0.2, 0) is 19.2 Å². The first-order valence-electron chi connectivity index (χ1n) is 9.94. The molecule has 4 aromatic rings. The zero-order valence-electron chi connectivity index (χ0n) is 17.7. The zero-order valence-corrected chi connectivity index (χ0v) is 19.2. The fourth-order valence-electron chi connectivity index (χ4n) is 3.10. The summed E-state index contributed by atoms with van der Waals surface area (Å²) in [6.07, 6.45) is 7.17. The van der Waals surface area contributed by atoms with E-state index < -0.39 is 0 Å². The molecule has 0 aliphatic rings. The van der Waals surface area contributed by atoms with Crippen molar-refractivity contribution in [1.82, 2.24) is 19.5 Å². The van der Waals surface area contributed by atoms with Gasteiger partial charge < -0.3 is 9.30 Å². The predicted octanol–water partition coefficient (Wildman–Crippen LogP) is 5.21. The molecule has 2 aromatic carbocycles. The van der Waals surface area contributed by atoms with Gasteiger partial charge >= 0.3 is 0 Å². The lowest BCUT2D eigenvalue weighted by Crippen LogP contribution is -2.18. The first kappa shape index (κ1) is 22.0. The average molecular weight is 465 g/mol. The SMILES string of the molecule is Cc1cc(Oc2ccc(CSc3nc(=O)c(Cc4cncnc4)cn3C)cc2)ccc1Cl. The molecule has 0 saturated carbocycles. The Balaban J connectivity index is 1.39. The molecule has 0 amide bonds. The minimum absolute atomic E-state index is 0.226. The van der Waals surface area contributed by atoms with Crippen LogP contribution in [0.15, 0.2) is 77.3 Å². The maximum atomic E-state index is 12.5. The minimum atomic E-state index is -0.226. The molecule has 0 N–H and O–H groups in total. The molecule has 0 fully saturated rings. The third kappa shape index (κ3) is 5.55. The van der Waals surface area contributed by atoms with Crippen molar-refractivity contribution in [1.29, 1.82) is 0 Å². The highest BCUT2D eigenvalue weighted by atomic mass is 35.5. The standard InChI is InChI=1S/C24H21ClN4O2S/c1-16-9-21(7-8-22(16)25)31-20-5-3-17(4-6-20)14-32-24-28-23(30)19(13-29(24)2)10-18-11-26-15-27-12-18/h3-9,11-13,15H,10,14H2,1-2H3. The van der Waals surface area contributed by atoms with Crippen LogP contribution in [0.3, 0.4) is 0 Å². The van der Waals surface area contributed by atoms with Crippen LogP contribution in [0.5, 0.6) is 11.5 Å². The Labute approximate surface area is 195 Å². The summed E-state index contributed by atoms with van der Waals surface area (Å²) in [5.41, 5.74) is 3.35. The largest absolute Gasteiger partial charge is 0.457 e. The van der Waals surface area contributed by atoms with E-state index in [0.29, 0.717) is 22.9 Å². The van der Waals surface area contributed by atoms with Gasteiger partial charge in [-0.25, -0.2) is 9.97 Å². The molecule has 0 bridgehead atoms. The van der Waals surface area contributed by atoms with Crippen molar-refractivity contribution in [3.63, 3.8) is 0 Å². The molecule has 8 heteroatoms. The highest BCUT2D eigenvalue weighted by molar-refractivity contribution is 7.98. The molecule has 0 saturated heterocycles. The predicted molar refractivity (Wildman–Crippen MR) is 127 cm³/mol. The topological polar surface area (TPSA) is 69.9 Å². The van der Waals surface area contributed by atoms with E-state index in [-0.39, 0.29) is 5.56 Å². The second-order valence-corrected chi connectivity index (χ2v) is 8.68. The Kier molecular flexibility index (Phi) is 6.87. The molecule has 6 nitrogen and oxygen atoms in total. The second kappa shape index (κ2) is 9.97. The lowest BCUT2D eigenvalue weighted by Gasteiger charge is -2.10. The summed E-state index contributed by atoms with van der Waals surface area (Å²) in [5, 5.41) is 1.38. The molecule has 4 rings (SSSR count). The molecular weight excluding hydrogens is 444 g/mol. The van der Waals surface area contributed by atoms with Gasteiger partial charge in [0.05, 0.1) is 0 Å². The molecular formula is C24H21ClN4O2S. The van der Waals surface area contributed by atoms with Crippen LogP contribution in [0.1, 0.15) is 22.3 Å². The van der Waals surface area contributed by atoms with Gasteiger partial charge in [-0.3, -0.25) is 4.79 Å². The van der Waals surface area contributed by atoms with E-state index in [1.54, 1.807) is 12.4 Å². The maximum absolute atomic E-state index is 12.5. The first-order valence-corrected chi connectivity index (χ1v) is 11.3. The second-order valence-electron chi connectivity index (χ2n) is 7.33. The van der Waals surface area contributed by atoms with Crippen molar-refractivity contribution >= 4 is 23.4 Å². The number of benzene rings is 2. The number of aromatic nitrogens is 4. The van der Waals surface area contributed by atoms with Crippen molar-refractivity contribution in [3.8, 4) is 11.5 Å². The molecule has 2 aromatic heterocycles. The normalized spacial score (nSPS) is 10.8. The molecule has 0 aliphatic heterocycles. The van der Waals surface area contributed by atoms with Crippen molar-refractivity contribution in [2.45, 2.75) is 24.3 Å². The summed E-state index contributed by atoms with van der Waals surface area (Å²) in [7, 11) is 1.89. The Morgan fingerprint density at radius 2 is 1.75 bits per heavy atom. The minimum Gasteiger partial charge on any atom is -0.457 e. The Morgan fingerprint density at radius 3 is 2.47 bits per heavy atom. The molecule has 162 valence electrons. The van der Waals surface area contributed by atoms with E-state index in [2.05, 4.69) is 15.0 Å². The van der Waals surface area contributed by atoms with Crippen LogP contribution < -0.4 is 10.3 Å². The highest BCUT2D eigenvalue weighted by Gasteiger charge is 2.09. The van der Waals surface area contributed by atoms with Crippen LogP contribution in [0, 0.1) is 6.92 Å². The van der Waals surface area contributed by atoms with Gasteiger partial charge in [0, 0.05) is 48.4 Å². The van der Waals surface area contributed by atoms with E-state index >= 15 is 0 Å². The summed E-state index contributed by atoms with van der Waals surface area (Å²) >= 11 is 7.58. The molecule has 2 heterocycles. The van der Waals surface area contributed by atoms with E-state index in [0.717, 1.165) is 33.2 Å². The molecule has 0 radical (unpaired) electrons. The van der Waals surface area contributed by atoms with E-state index in [1.807, 2.05) is 67.2 Å².